The molecule has 0 aromatic carbocycles. The number of ether oxygens (including phenoxy) is 1. The van der Waals surface area contributed by atoms with Crippen LogP contribution in [0.15, 0.2) is 0 Å². The number of nitrogens with zero attached hydrogens (tertiary/aromatic N) is 1. The Labute approximate surface area is 72.3 Å². The molecule has 1 atom stereocenters. The minimum Gasteiger partial charge on any atom is -0.365 e. The van der Waals surface area contributed by atoms with Crippen molar-refractivity contribution in [2.24, 2.45) is 0 Å². The van der Waals surface area contributed by atoms with Crippen LogP contribution in [0.2, 0.25) is 0 Å². The van der Waals surface area contributed by atoms with E-state index in [1.165, 1.54) is 19.3 Å². The fourth-order valence-electron chi connectivity index (χ4n) is 1.55. The smallest absolute Gasteiger partial charge is 0.0968 e. The van der Waals surface area contributed by atoms with E-state index in [0.717, 1.165) is 23.4 Å². The van der Waals surface area contributed by atoms with Crippen molar-refractivity contribution in [2.75, 3.05) is 20.2 Å². The third-order valence-electron chi connectivity index (χ3n) is 2.73. The lowest BCUT2D eigenvalue weighted by Crippen LogP contribution is -2.51. The van der Waals surface area contributed by atoms with Gasteiger partial charge in [-0.15, -0.1) is 0 Å². The second-order valence-electron chi connectivity index (χ2n) is 3.49. The molecule has 1 unspecified atom stereocenters. The van der Waals surface area contributed by atoms with Crippen LogP contribution in [0.3, 0.4) is 0 Å². The third-order valence-corrected chi connectivity index (χ3v) is 4.28. The van der Waals surface area contributed by atoms with Gasteiger partial charge in [0.1, 0.15) is 0 Å². The molecule has 3 heteroatoms. The predicted molar refractivity (Wildman–Crippen MR) is 50.8 cm³/mol. The summed E-state index contributed by atoms with van der Waals surface area (Å²) in [6.07, 6.45) is 3.83. The minimum atomic E-state index is 0.160. The summed E-state index contributed by atoms with van der Waals surface area (Å²) in [6.45, 7) is 4.26. The summed E-state index contributed by atoms with van der Waals surface area (Å²) in [5, 5.41) is 0.160. The first-order valence-electron chi connectivity index (χ1n) is 4.54. The van der Waals surface area contributed by atoms with Gasteiger partial charge in [-0.1, -0.05) is 6.92 Å². The van der Waals surface area contributed by atoms with Gasteiger partial charge in [0.05, 0.1) is 15.6 Å². The van der Waals surface area contributed by atoms with Gasteiger partial charge in [0, 0.05) is 6.61 Å². The molecule has 1 rings (SSSR count). The largest absolute Gasteiger partial charge is 0.365 e. The maximum Gasteiger partial charge on any atom is 0.0968 e. The van der Waals surface area contributed by atoms with Crippen molar-refractivity contribution >= 4 is 10.2 Å². The molecule has 0 bridgehead atoms. The Morgan fingerprint density at radius 2 is 2.27 bits per heavy atom. The normalized spacial score (nSPS) is 33.0. The van der Waals surface area contributed by atoms with E-state index in [-0.39, 0.29) is 5.35 Å². The van der Waals surface area contributed by atoms with Crippen LogP contribution in [0.25, 0.3) is 0 Å². The second kappa shape index (κ2) is 3.69. The van der Waals surface area contributed by atoms with E-state index in [9.17, 15) is 0 Å². The van der Waals surface area contributed by atoms with E-state index in [0.29, 0.717) is 0 Å². The summed E-state index contributed by atoms with van der Waals surface area (Å²) in [5.41, 5.74) is 0. The monoisotopic (exact) mass is 173 g/mol. The first kappa shape index (κ1) is 9.23. The Kier molecular flexibility index (Phi) is 3.10. The molecule has 0 aromatic heterocycles. The molecule has 0 N–H and O–H groups in total. The van der Waals surface area contributed by atoms with Gasteiger partial charge in [-0.3, -0.25) is 4.90 Å². The molecule has 0 spiro atoms. The van der Waals surface area contributed by atoms with Gasteiger partial charge >= 0.3 is 0 Å². The molecule has 0 aromatic rings. The highest BCUT2D eigenvalue weighted by Crippen LogP contribution is 2.23. The van der Waals surface area contributed by atoms with Crippen LogP contribution in [-0.2, 0) is 4.74 Å². The highest BCUT2D eigenvalue weighted by Gasteiger charge is 2.30. The van der Waals surface area contributed by atoms with Crippen LogP contribution in [0, 0.1) is 0 Å². The Bertz CT molecular complexity index is 123. The van der Waals surface area contributed by atoms with Gasteiger partial charge in [0.2, 0.25) is 0 Å². The Balaban J connectivity index is 2.49. The van der Waals surface area contributed by atoms with E-state index in [1.807, 2.05) is 0 Å². The van der Waals surface area contributed by atoms with Crippen molar-refractivity contribution in [1.29, 1.82) is 0 Å². The van der Waals surface area contributed by atoms with Crippen LogP contribution in [0.1, 0.15) is 26.2 Å². The highest BCUT2D eigenvalue weighted by molar-refractivity contribution is 6.14. The SMILES string of the molecule is CCN(C)C1([SiH3])CCCCO1. The van der Waals surface area contributed by atoms with Crippen molar-refractivity contribution in [2.45, 2.75) is 31.5 Å². The highest BCUT2D eigenvalue weighted by atomic mass is 28.1. The molecule has 0 amide bonds. The van der Waals surface area contributed by atoms with Gasteiger partial charge < -0.3 is 4.74 Å². The van der Waals surface area contributed by atoms with Gasteiger partial charge in [-0.25, -0.2) is 0 Å². The molecule has 1 aliphatic heterocycles. The Morgan fingerprint density at radius 1 is 1.55 bits per heavy atom. The molecule has 66 valence electrons. The molecule has 1 fully saturated rings. The van der Waals surface area contributed by atoms with E-state index >= 15 is 0 Å². The van der Waals surface area contributed by atoms with E-state index in [2.05, 4.69) is 18.9 Å². The van der Waals surface area contributed by atoms with Crippen LogP contribution < -0.4 is 0 Å². The van der Waals surface area contributed by atoms with Crippen LogP contribution in [0.4, 0.5) is 0 Å². The zero-order valence-corrected chi connectivity index (χ0v) is 9.89. The zero-order valence-electron chi connectivity index (χ0n) is 7.89. The van der Waals surface area contributed by atoms with Crippen LogP contribution >= 0.6 is 0 Å². The van der Waals surface area contributed by atoms with Gasteiger partial charge in [-0.2, -0.15) is 0 Å². The molecule has 1 saturated heterocycles. The third kappa shape index (κ3) is 2.04. The van der Waals surface area contributed by atoms with Crippen molar-refractivity contribution < 1.29 is 4.74 Å². The standard InChI is InChI=1S/C8H19NOSi/c1-3-9(2)8(11)6-4-5-7-10-8/h3-7H2,1-2,11H3. The maximum atomic E-state index is 5.81. The summed E-state index contributed by atoms with van der Waals surface area (Å²) in [5.74, 6) is 0. The maximum absolute atomic E-state index is 5.81. The molecule has 0 radical (unpaired) electrons. The van der Waals surface area contributed by atoms with Crippen LogP contribution in [0.5, 0.6) is 0 Å². The average Bonchev–Trinajstić information content (AvgIpc) is 2.04. The first-order chi connectivity index (χ1) is 5.19. The quantitative estimate of drug-likeness (QED) is 0.552. The van der Waals surface area contributed by atoms with E-state index in [4.69, 9.17) is 4.74 Å². The molecule has 1 aliphatic rings. The summed E-state index contributed by atoms with van der Waals surface area (Å²) < 4.78 is 5.81. The molecule has 0 saturated carbocycles. The summed E-state index contributed by atoms with van der Waals surface area (Å²) in [6, 6.07) is 0. The molecule has 11 heavy (non-hydrogen) atoms. The van der Waals surface area contributed by atoms with Crippen molar-refractivity contribution in [3.05, 3.63) is 0 Å². The van der Waals surface area contributed by atoms with Crippen molar-refractivity contribution in [3.8, 4) is 0 Å². The fourth-order valence-corrected chi connectivity index (χ4v) is 2.43. The zero-order chi connectivity index (χ0) is 8.32. The fraction of sp³-hybridized carbons (Fsp3) is 1.00. The average molecular weight is 173 g/mol. The van der Waals surface area contributed by atoms with Gasteiger partial charge in [0.15, 0.2) is 0 Å². The number of rotatable bonds is 2. The lowest BCUT2D eigenvalue weighted by Gasteiger charge is -2.41. The van der Waals surface area contributed by atoms with Crippen LogP contribution in [-0.4, -0.2) is 40.7 Å². The predicted octanol–water partition coefficient (Wildman–Crippen LogP) is 0.158. The molecule has 0 aliphatic carbocycles. The number of hydrogen-bond donors (Lipinski definition) is 0. The lowest BCUT2D eigenvalue weighted by molar-refractivity contribution is -0.109. The van der Waals surface area contributed by atoms with Crippen molar-refractivity contribution in [3.63, 3.8) is 0 Å². The second-order valence-corrected chi connectivity index (χ2v) is 5.06. The Morgan fingerprint density at radius 3 is 2.73 bits per heavy atom. The van der Waals surface area contributed by atoms with Gasteiger partial charge in [0.25, 0.3) is 0 Å². The molecular weight excluding hydrogens is 154 g/mol. The first-order valence-corrected chi connectivity index (χ1v) is 5.54. The number of hydrogen-bond acceptors (Lipinski definition) is 2. The Hall–Kier alpha value is 0.137. The summed E-state index contributed by atoms with van der Waals surface area (Å²) >= 11 is 0. The summed E-state index contributed by atoms with van der Waals surface area (Å²) in [4.78, 5) is 2.35. The minimum absolute atomic E-state index is 0.160. The summed E-state index contributed by atoms with van der Waals surface area (Å²) in [7, 11) is 3.29. The van der Waals surface area contributed by atoms with Crippen molar-refractivity contribution in [1.82, 2.24) is 4.90 Å². The van der Waals surface area contributed by atoms with Gasteiger partial charge in [-0.05, 0) is 32.9 Å². The molecule has 1 heterocycles. The van der Waals surface area contributed by atoms with E-state index in [1.54, 1.807) is 0 Å². The lowest BCUT2D eigenvalue weighted by atomic mass is 10.1. The van der Waals surface area contributed by atoms with E-state index < -0.39 is 0 Å². The molecular formula is C8H19NOSi. The topological polar surface area (TPSA) is 12.5 Å². The molecule has 2 nitrogen and oxygen atoms in total.